The van der Waals surface area contributed by atoms with Crippen LogP contribution in [0.5, 0.6) is 17.2 Å². The summed E-state index contributed by atoms with van der Waals surface area (Å²) < 4.78 is 42.2. The van der Waals surface area contributed by atoms with Gasteiger partial charge in [-0.15, -0.1) is 8.78 Å². The molecule has 3 aromatic rings. The molecule has 2 unspecified atom stereocenters. The molecule has 1 fully saturated rings. The van der Waals surface area contributed by atoms with Crippen LogP contribution in [0.2, 0.25) is 0 Å². The van der Waals surface area contributed by atoms with Gasteiger partial charge in [0, 0.05) is 12.0 Å². The smallest absolute Gasteiger partial charge is 0.485 e. The minimum atomic E-state index is -3.68. The van der Waals surface area contributed by atoms with Crippen LogP contribution >= 0.6 is 0 Å². The summed E-state index contributed by atoms with van der Waals surface area (Å²) in [5, 5.41) is 3.22. The minimum Gasteiger partial charge on any atom is -0.485 e. The molecule has 2 atom stereocenters. The number of carbonyl (C=O) groups is 1. The predicted molar refractivity (Wildman–Crippen MR) is 115 cm³/mol. The first-order valence-corrected chi connectivity index (χ1v) is 11.0. The number of halogens is 2. The van der Waals surface area contributed by atoms with Crippen LogP contribution in [0.1, 0.15) is 48.1 Å². The number of para-hydroxylation sites is 1. The molecule has 0 spiro atoms. The molecule has 1 aliphatic carbocycles. The Balaban J connectivity index is 1.27. The summed E-state index contributed by atoms with van der Waals surface area (Å²) in [5.74, 6) is 0.556. The third-order valence-electron chi connectivity index (χ3n) is 6.63. The second-order valence-corrected chi connectivity index (χ2v) is 8.73. The van der Waals surface area contributed by atoms with Gasteiger partial charge in [0.1, 0.15) is 11.9 Å². The number of nitrogens with one attached hydrogen (secondary N) is 1. The van der Waals surface area contributed by atoms with Gasteiger partial charge in [-0.2, -0.15) is 0 Å². The first-order valence-electron chi connectivity index (χ1n) is 11.0. The van der Waals surface area contributed by atoms with Crippen molar-refractivity contribution in [3.8, 4) is 17.2 Å². The fraction of sp³-hybridized carbons (Fsp3) is 0.269. The lowest BCUT2D eigenvalue weighted by Crippen LogP contribution is -2.39. The molecule has 7 heteroatoms. The number of ether oxygens (including phenoxy) is 3. The SMILES string of the molecule is O=C(NC1CC(c2ccccc2)Oc2ccccc21)C1(c2ccc3c(c2)OC(F)(F)O3)CC1. The quantitative estimate of drug-likeness (QED) is 0.578. The standard InChI is InChI=1S/C26H21F2NO4/c27-26(28)32-21-11-10-17(14-23(21)33-26)25(12-13-25)24(30)29-19-15-22(16-6-2-1-3-7-16)31-20-9-5-4-8-18(19)20/h1-11,14,19,22H,12-13,15H2,(H,29,30). The van der Waals surface area contributed by atoms with Gasteiger partial charge >= 0.3 is 6.29 Å². The molecule has 6 rings (SSSR count). The zero-order chi connectivity index (χ0) is 22.6. The number of hydrogen-bond acceptors (Lipinski definition) is 4. The third-order valence-corrected chi connectivity index (χ3v) is 6.63. The normalized spacial score (nSPS) is 23.2. The van der Waals surface area contributed by atoms with E-state index in [0.717, 1.165) is 16.9 Å². The number of carbonyl (C=O) groups excluding carboxylic acids is 1. The van der Waals surface area contributed by atoms with Crippen molar-refractivity contribution in [1.82, 2.24) is 5.32 Å². The van der Waals surface area contributed by atoms with Crippen LogP contribution in [-0.2, 0) is 10.2 Å². The molecule has 1 saturated carbocycles. The summed E-state index contributed by atoms with van der Waals surface area (Å²) in [6.45, 7) is 0. The summed E-state index contributed by atoms with van der Waals surface area (Å²) >= 11 is 0. The summed E-state index contributed by atoms with van der Waals surface area (Å²) in [5.41, 5.74) is 1.87. The van der Waals surface area contributed by atoms with E-state index in [9.17, 15) is 13.6 Å². The van der Waals surface area contributed by atoms with E-state index in [1.54, 1.807) is 6.07 Å². The van der Waals surface area contributed by atoms with E-state index < -0.39 is 11.7 Å². The average Bonchev–Trinajstić information content (AvgIpc) is 3.56. The highest BCUT2D eigenvalue weighted by molar-refractivity contribution is 5.92. The lowest BCUT2D eigenvalue weighted by molar-refractivity contribution is -0.286. The van der Waals surface area contributed by atoms with Gasteiger partial charge in [0.05, 0.1) is 11.5 Å². The summed E-state index contributed by atoms with van der Waals surface area (Å²) in [6.07, 6.45) is -1.99. The second kappa shape index (κ2) is 7.20. The summed E-state index contributed by atoms with van der Waals surface area (Å²) in [4.78, 5) is 13.5. The van der Waals surface area contributed by atoms with Crippen LogP contribution in [0.3, 0.4) is 0 Å². The van der Waals surface area contributed by atoms with E-state index >= 15 is 0 Å². The second-order valence-electron chi connectivity index (χ2n) is 8.73. The Bertz CT molecular complexity index is 1230. The monoisotopic (exact) mass is 449 g/mol. The molecule has 1 N–H and O–H groups in total. The maximum Gasteiger partial charge on any atom is 0.586 e. The molecule has 3 aromatic carbocycles. The molecule has 2 aliphatic heterocycles. The Morgan fingerprint density at radius 3 is 2.39 bits per heavy atom. The maximum absolute atomic E-state index is 13.5. The van der Waals surface area contributed by atoms with Crippen molar-refractivity contribution in [3.63, 3.8) is 0 Å². The molecular formula is C26H21F2NO4. The highest BCUT2D eigenvalue weighted by Crippen LogP contribution is 2.52. The van der Waals surface area contributed by atoms with Gasteiger partial charge in [0.15, 0.2) is 11.5 Å². The van der Waals surface area contributed by atoms with Crippen molar-refractivity contribution in [2.45, 2.75) is 43.1 Å². The molecule has 3 aliphatic rings. The summed E-state index contributed by atoms with van der Waals surface area (Å²) in [6, 6.07) is 22.0. The molecule has 5 nitrogen and oxygen atoms in total. The molecule has 0 radical (unpaired) electrons. The summed E-state index contributed by atoms with van der Waals surface area (Å²) in [7, 11) is 0. The van der Waals surface area contributed by atoms with Crippen LogP contribution in [0.25, 0.3) is 0 Å². The van der Waals surface area contributed by atoms with Gasteiger partial charge in [-0.3, -0.25) is 4.79 Å². The van der Waals surface area contributed by atoms with Crippen molar-refractivity contribution in [1.29, 1.82) is 0 Å². The molecule has 33 heavy (non-hydrogen) atoms. The van der Waals surface area contributed by atoms with Gasteiger partial charge in [-0.05, 0) is 42.2 Å². The van der Waals surface area contributed by atoms with E-state index in [1.165, 1.54) is 12.1 Å². The highest BCUT2D eigenvalue weighted by Gasteiger charge is 2.53. The number of amides is 1. The highest BCUT2D eigenvalue weighted by atomic mass is 19.3. The van der Waals surface area contributed by atoms with E-state index in [0.29, 0.717) is 24.8 Å². The van der Waals surface area contributed by atoms with Gasteiger partial charge in [0.2, 0.25) is 5.91 Å². The molecule has 0 aromatic heterocycles. The molecular weight excluding hydrogens is 428 g/mol. The van der Waals surface area contributed by atoms with Crippen molar-refractivity contribution < 1.29 is 27.8 Å². The van der Waals surface area contributed by atoms with Crippen molar-refractivity contribution in [3.05, 3.63) is 89.5 Å². The maximum atomic E-state index is 13.5. The molecule has 168 valence electrons. The lowest BCUT2D eigenvalue weighted by Gasteiger charge is -2.34. The van der Waals surface area contributed by atoms with Crippen molar-refractivity contribution in [2.24, 2.45) is 0 Å². The Morgan fingerprint density at radius 1 is 0.879 bits per heavy atom. The van der Waals surface area contributed by atoms with E-state index in [2.05, 4.69) is 14.8 Å². The van der Waals surface area contributed by atoms with Crippen LogP contribution in [0, 0.1) is 0 Å². The zero-order valence-electron chi connectivity index (χ0n) is 17.6. The Hall–Kier alpha value is -3.61. The van der Waals surface area contributed by atoms with E-state index in [4.69, 9.17) is 4.74 Å². The molecule has 0 saturated heterocycles. The Morgan fingerprint density at radius 2 is 1.61 bits per heavy atom. The van der Waals surface area contributed by atoms with Crippen LogP contribution in [-0.4, -0.2) is 12.2 Å². The van der Waals surface area contributed by atoms with Crippen LogP contribution in [0.4, 0.5) is 8.78 Å². The van der Waals surface area contributed by atoms with Gasteiger partial charge in [0.25, 0.3) is 0 Å². The molecule has 2 heterocycles. The van der Waals surface area contributed by atoms with E-state index in [1.807, 2.05) is 54.6 Å². The number of hydrogen-bond donors (Lipinski definition) is 1. The average molecular weight is 449 g/mol. The van der Waals surface area contributed by atoms with Gasteiger partial charge < -0.3 is 19.5 Å². The van der Waals surface area contributed by atoms with Gasteiger partial charge in [-0.25, -0.2) is 0 Å². The fourth-order valence-electron chi connectivity index (χ4n) is 4.74. The number of benzene rings is 3. The van der Waals surface area contributed by atoms with E-state index in [-0.39, 0.29) is 29.6 Å². The topological polar surface area (TPSA) is 56.8 Å². The number of alkyl halides is 2. The minimum absolute atomic E-state index is 0.0241. The third kappa shape index (κ3) is 3.48. The van der Waals surface area contributed by atoms with Crippen molar-refractivity contribution in [2.75, 3.05) is 0 Å². The first-order chi connectivity index (χ1) is 15.9. The van der Waals surface area contributed by atoms with Crippen LogP contribution < -0.4 is 19.5 Å². The molecule has 0 bridgehead atoms. The van der Waals surface area contributed by atoms with Crippen molar-refractivity contribution >= 4 is 5.91 Å². The Kier molecular flexibility index (Phi) is 4.37. The predicted octanol–water partition coefficient (Wildman–Crippen LogP) is 5.42. The number of fused-ring (bicyclic) bond motifs is 2. The lowest BCUT2D eigenvalue weighted by atomic mass is 9.90. The zero-order valence-corrected chi connectivity index (χ0v) is 17.6. The Labute approximate surface area is 189 Å². The largest absolute Gasteiger partial charge is 0.586 e. The van der Waals surface area contributed by atoms with Gasteiger partial charge in [-0.1, -0.05) is 54.6 Å². The number of rotatable bonds is 4. The van der Waals surface area contributed by atoms with Crippen LogP contribution in [0.15, 0.2) is 72.8 Å². The fourth-order valence-corrected chi connectivity index (χ4v) is 4.74. The molecule has 1 amide bonds. The first kappa shape index (κ1) is 20.0.